The Morgan fingerprint density at radius 2 is 1.90 bits per heavy atom. The molecular weight excluding hydrogens is 385 g/mol. The Hall–Kier alpha value is 0.190. The van der Waals surface area contributed by atoms with Crippen molar-refractivity contribution < 1.29 is 8.42 Å². The first-order valence-electron chi connectivity index (χ1n) is 6.44. The molecule has 0 bridgehead atoms. The molecular formula is C13H16BrCl2NO2S. The third kappa shape index (κ3) is 3.89. The first kappa shape index (κ1) is 16.6. The van der Waals surface area contributed by atoms with Gasteiger partial charge < -0.3 is 0 Å². The van der Waals surface area contributed by atoms with Crippen molar-refractivity contribution in [3.8, 4) is 0 Å². The highest BCUT2D eigenvalue weighted by Crippen LogP contribution is 2.34. The SMILES string of the molecule is CC1CCC(CNS(=O)(=O)c2c(Cl)cc(Br)cc2Cl)C1. The van der Waals surface area contributed by atoms with Crippen LogP contribution in [0.1, 0.15) is 26.2 Å². The van der Waals surface area contributed by atoms with Crippen LogP contribution >= 0.6 is 39.1 Å². The third-order valence-electron chi connectivity index (χ3n) is 3.60. The fourth-order valence-electron chi connectivity index (χ4n) is 2.60. The summed E-state index contributed by atoms with van der Waals surface area (Å²) in [5.74, 6) is 1.07. The molecule has 7 heteroatoms. The van der Waals surface area contributed by atoms with Crippen LogP contribution in [0.2, 0.25) is 10.0 Å². The van der Waals surface area contributed by atoms with Gasteiger partial charge in [0.2, 0.25) is 10.0 Å². The largest absolute Gasteiger partial charge is 0.243 e. The quantitative estimate of drug-likeness (QED) is 0.810. The van der Waals surface area contributed by atoms with Crippen molar-refractivity contribution in [2.24, 2.45) is 11.8 Å². The molecule has 20 heavy (non-hydrogen) atoms. The summed E-state index contributed by atoms with van der Waals surface area (Å²) in [6.45, 7) is 2.63. The first-order valence-corrected chi connectivity index (χ1v) is 9.47. The molecule has 2 unspecified atom stereocenters. The highest BCUT2D eigenvalue weighted by molar-refractivity contribution is 9.10. The van der Waals surface area contributed by atoms with Crippen LogP contribution in [0.25, 0.3) is 0 Å². The number of benzene rings is 1. The summed E-state index contributed by atoms with van der Waals surface area (Å²) in [5.41, 5.74) is 0. The zero-order valence-electron chi connectivity index (χ0n) is 11.0. The van der Waals surface area contributed by atoms with E-state index >= 15 is 0 Å². The Labute approximate surface area is 138 Å². The zero-order chi connectivity index (χ0) is 14.9. The highest BCUT2D eigenvalue weighted by Gasteiger charge is 2.26. The summed E-state index contributed by atoms with van der Waals surface area (Å²) in [6, 6.07) is 3.05. The van der Waals surface area contributed by atoms with Gasteiger partial charge in [-0.3, -0.25) is 0 Å². The van der Waals surface area contributed by atoms with E-state index in [4.69, 9.17) is 23.2 Å². The van der Waals surface area contributed by atoms with Gasteiger partial charge in [0.15, 0.2) is 0 Å². The number of halogens is 3. The van der Waals surface area contributed by atoms with Crippen molar-refractivity contribution in [1.29, 1.82) is 0 Å². The van der Waals surface area contributed by atoms with Gasteiger partial charge in [-0.05, 0) is 36.8 Å². The number of rotatable bonds is 4. The van der Waals surface area contributed by atoms with E-state index in [2.05, 4.69) is 27.6 Å². The predicted octanol–water partition coefficient (Wildman–Crippen LogP) is 4.47. The molecule has 1 aliphatic carbocycles. The van der Waals surface area contributed by atoms with Crippen LogP contribution in [0.4, 0.5) is 0 Å². The van der Waals surface area contributed by atoms with Crippen molar-refractivity contribution in [1.82, 2.24) is 4.72 Å². The standard InChI is InChI=1S/C13H16BrCl2NO2S/c1-8-2-3-9(4-8)7-17-20(18,19)13-11(15)5-10(14)6-12(13)16/h5-6,8-9,17H,2-4,7H2,1H3. The second-order valence-corrected chi connectivity index (χ2v) is 8.77. The van der Waals surface area contributed by atoms with Gasteiger partial charge in [0, 0.05) is 11.0 Å². The van der Waals surface area contributed by atoms with E-state index in [1.807, 2.05) is 0 Å². The molecule has 1 aliphatic rings. The summed E-state index contributed by atoms with van der Waals surface area (Å²) in [6.07, 6.45) is 3.28. The lowest BCUT2D eigenvalue weighted by Crippen LogP contribution is -2.29. The van der Waals surface area contributed by atoms with E-state index in [0.717, 1.165) is 19.3 Å². The van der Waals surface area contributed by atoms with E-state index in [1.54, 1.807) is 0 Å². The van der Waals surface area contributed by atoms with Crippen LogP contribution in [0, 0.1) is 11.8 Å². The van der Waals surface area contributed by atoms with Gasteiger partial charge in [0.1, 0.15) is 4.90 Å². The molecule has 3 nitrogen and oxygen atoms in total. The van der Waals surface area contributed by atoms with Crippen LogP contribution in [0.15, 0.2) is 21.5 Å². The van der Waals surface area contributed by atoms with Crippen LogP contribution in [-0.2, 0) is 10.0 Å². The van der Waals surface area contributed by atoms with E-state index in [0.29, 0.717) is 22.9 Å². The van der Waals surface area contributed by atoms with Crippen LogP contribution in [-0.4, -0.2) is 15.0 Å². The van der Waals surface area contributed by atoms with Crippen molar-refractivity contribution in [3.05, 3.63) is 26.7 Å². The maximum absolute atomic E-state index is 12.3. The number of hydrogen-bond acceptors (Lipinski definition) is 2. The molecule has 0 heterocycles. The Balaban J connectivity index is 2.15. The van der Waals surface area contributed by atoms with Crippen molar-refractivity contribution >= 4 is 49.2 Å². The molecule has 112 valence electrons. The number of hydrogen-bond donors (Lipinski definition) is 1. The molecule has 0 aromatic heterocycles. The monoisotopic (exact) mass is 399 g/mol. The fourth-order valence-corrected chi connectivity index (χ4v) is 5.64. The fraction of sp³-hybridized carbons (Fsp3) is 0.538. The van der Waals surface area contributed by atoms with Crippen molar-refractivity contribution in [2.45, 2.75) is 31.1 Å². The maximum Gasteiger partial charge on any atom is 0.243 e. The topological polar surface area (TPSA) is 46.2 Å². The zero-order valence-corrected chi connectivity index (χ0v) is 14.9. The highest BCUT2D eigenvalue weighted by atomic mass is 79.9. The number of sulfonamides is 1. The predicted molar refractivity (Wildman–Crippen MR) is 85.9 cm³/mol. The van der Waals surface area contributed by atoms with E-state index in [-0.39, 0.29) is 14.9 Å². The molecule has 1 aromatic rings. The minimum Gasteiger partial charge on any atom is -0.211 e. The van der Waals surface area contributed by atoms with Gasteiger partial charge in [-0.2, -0.15) is 0 Å². The molecule has 1 aromatic carbocycles. The molecule has 2 rings (SSSR count). The maximum atomic E-state index is 12.3. The van der Waals surface area contributed by atoms with Crippen LogP contribution < -0.4 is 4.72 Å². The molecule has 0 spiro atoms. The second-order valence-electron chi connectivity index (χ2n) is 5.33. The van der Waals surface area contributed by atoms with E-state index in [1.165, 1.54) is 12.1 Å². The Kier molecular flexibility index (Phi) is 5.40. The van der Waals surface area contributed by atoms with Gasteiger partial charge in [0.05, 0.1) is 10.0 Å². The summed E-state index contributed by atoms with van der Waals surface area (Å²) < 4.78 is 27.9. The Morgan fingerprint density at radius 1 is 1.30 bits per heavy atom. The van der Waals surface area contributed by atoms with Gasteiger partial charge >= 0.3 is 0 Å². The number of nitrogens with one attached hydrogen (secondary N) is 1. The molecule has 0 amide bonds. The molecule has 1 fully saturated rings. The van der Waals surface area contributed by atoms with Gasteiger partial charge in [0.25, 0.3) is 0 Å². The molecule has 0 aliphatic heterocycles. The molecule has 2 atom stereocenters. The smallest absolute Gasteiger partial charge is 0.211 e. The lowest BCUT2D eigenvalue weighted by molar-refractivity contribution is 0.498. The summed E-state index contributed by atoms with van der Waals surface area (Å²) in [5, 5.41) is 0.244. The minimum absolute atomic E-state index is 0.0462. The third-order valence-corrected chi connectivity index (χ3v) is 6.40. The lowest BCUT2D eigenvalue weighted by Gasteiger charge is -2.13. The molecule has 1 saturated carbocycles. The Morgan fingerprint density at radius 3 is 2.40 bits per heavy atom. The Bertz CT molecular complexity index is 583. The summed E-state index contributed by atoms with van der Waals surface area (Å²) >= 11 is 15.2. The summed E-state index contributed by atoms with van der Waals surface area (Å²) in [7, 11) is -3.68. The van der Waals surface area contributed by atoms with E-state index in [9.17, 15) is 8.42 Å². The van der Waals surface area contributed by atoms with Gasteiger partial charge in [-0.25, -0.2) is 13.1 Å². The van der Waals surface area contributed by atoms with Crippen LogP contribution in [0.5, 0.6) is 0 Å². The van der Waals surface area contributed by atoms with Gasteiger partial charge in [-0.15, -0.1) is 0 Å². The molecule has 1 N–H and O–H groups in total. The summed E-state index contributed by atoms with van der Waals surface area (Å²) in [4.78, 5) is -0.0462. The molecule has 0 saturated heterocycles. The minimum atomic E-state index is -3.68. The first-order chi connectivity index (χ1) is 9.29. The van der Waals surface area contributed by atoms with E-state index < -0.39 is 10.0 Å². The van der Waals surface area contributed by atoms with Crippen molar-refractivity contribution in [2.75, 3.05) is 6.54 Å². The average Bonchev–Trinajstić information content (AvgIpc) is 2.71. The lowest BCUT2D eigenvalue weighted by atomic mass is 10.1. The normalized spacial score (nSPS) is 23.2. The molecule has 0 radical (unpaired) electrons. The second kappa shape index (κ2) is 6.53. The van der Waals surface area contributed by atoms with Crippen LogP contribution in [0.3, 0.4) is 0 Å². The van der Waals surface area contributed by atoms with Gasteiger partial charge in [-0.1, -0.05) is 52.5 Å². The average molecular weight is 401 g/mol. The van der Waals surface area contributed by atoms with Crippen molar-refractivity contribution in [3.63, 3.8) is 0 Å².